The number of hydrogen-bond acceptors (Lipinski definition) is 4. The number of carbonyl (C=O) groups excluding carboxylic acids is 1. The van der Waals surface area contributed by atoms with Crippen molar-refractivity contribution < 1.29 is 19.4 Å². The molecule has 14 heavy (non-hydrogen) atoms. The molecule has 76 valence electrons. The van der Waals surface area contributed by atoms with Gasteiger partial charge in [-0.15, -0.1) is 0 Å². The first-order chi connectivity index (χ1) is 6.60. The van der Waals surface area contributed by atoms with Crippen LogP contribution >= 0.6 is 22.6 Å². The van der Waals surface area contributed by atoms with Crippen molar-refractivity contribution in [1.82, 2.24) is 0 Å². The zero-order chi connectivity index (χ0) is 10.7. The van der Waals surface area contributed by atoms with Crippen LogP contribution in [0.15, 0.2) is 12.1 Å². The Hall–Kier alpha value is -0.980. The molecule has 0 saturated carbocycles. The highest BCUT2D eigenvalue weighted by atomic mass is 127. The number of halogens is 1. The molecule has 1 aromatic rings. The molecule has 1 rings (SSSR count). The van der Waals surface area contributed by atoms with Crippen LogP contribution in [-0.4, -0.2) is 25.3 Å². The highest BCUT2D eigenvalue weighted by Gasteiger charge is 2.15. The third kappa shape index (κ3) is 2.09. The summed E-state index contributed by atoms with van der Waals surface area (Å²) >= 11 is 1.94. The zero-order valence-electron chi connectivity index (χ0n) is 7.70. The molecule has 1 aromatic carbocycles. The monoisotopic (exact) mass is 308 g/mol. The number of rotatable bonds is 2. The van der Waals surface area contributed by atoms with E-state index in [0.717, 1.165) is 0 Å². The fourth-order valence-corrected chi connectivity index (χ4v) is 1.42. The first-order valence-electron chi connectivity index (χ1n) is 3.75. The normalized spacial score (nSPS) is 9.64. The third-order valence-corrected chi connectivity index (χ3v) is 2.54. The average Bonchev–Trinajstić information content (AvgIpc) is 2.20. The Morgan fingerprint density at radius 2 is 2.07 bits per heavy atom. The first-order valence-corrected chi connectivity index (χ1v) is 4.82. The predicted octanol–water partition coefficient (Wildman–Crippen LogP) is 1.79. The van der Waals surface area contributed by atoms with E-state index in [1.807, 2.05) is 22.6 Å². The third-order valence-electron chi connectivity index (χ3n) is 1.67. The lowest BCUT2D eigenvalue weighted by molar-refractivity contribution is 0.0596. The summed E-state index contributed by atoms with van der Waals surface area (Å²) in [4.78, 5) is 11.2. The van der Waals surface area contributed by atoms with Crippen molar-refractivity contribution in [2.24, 2.45) is 0 Å². The topological polar surface area (TPSA) is 55.8 Å². The fraction of sp³-hybridized carbons (Fsp3) is 0.222. The van der Waals surface area contributed by atoms with E-state index in [2.05, 4.69) is 4.74 Å². The number of carbonyl (C=O) groups is 1. The van der Waals surface area contributed by atoms with Gasteiger partial charge in [0.2, 0.25) is 0 Å². The lowest BCUT2D eigenvalue weighted by atomic mass is 10.2. The molecule has 0 heterocycles. The standard InChI is InChI=1S/C9H9IO4/c1-13-8-4-6(10)7(11)3-5(8)9(12)14-2/h3-4,11H,1-2H3. The molecule has 0 unspecified atom stereocenters. The van der Waals surface area contributed by atoms with Gasteiger partial charge in [0.1, 0.15) is 17.1 Å². The molecule has 0 radical (unpaired) electrons. The molecule has 0 atom stereocenters. The summed E-state index contributed by atoms with van der Waals surface area (Å²) in [6, 6.07) is 2.90. The quantitative estimate of drug-likeness (QED) is 0.668. The molecule has 1 N–H and O–H groups in total. The molecule has 0 amide bonds. The van der Waals surface area contributed by atoms with Gasteiger partial charge in [-0.05, 0) is 34.7 Å². The Balaban J connectivity index is 3.27. The Bertz CT molecular complexity index is 362. The van der Waals surface area contributed by atoms with Gasteiger partial charge < -0.3 is 14.6 Å². The van der Waals surface area contributed by atoms with E-state index in [-0.39, 0.29) is 11.3 Å². The van der Waals surface area contributed by atoms with Crippen molar-refractivity contribution in [3.63, 3.8) is 0 Å². The molecule has 0 aliphatic heterocycles. The van der Waals surface area contributed by atoms with E-state index in [4.69, 9.17) is 4.74 Å². The summed E-state index contributed by atoms with van der Waals surface area (Å²) in [6.07, 6.45) is 0. The average molecular weight is 308 g/mol. The van der Waals surface area contributed by atoms with Gasteiger partial charge in [0, 0.05) is 0 Å². The van der Waals surface area contributed by atoms with Crippen LogP contribution in [-0.2, 0) is 4.74 Å². The first kappa shape index (κ1) is 11.1. The van der Waals surface area contributed by atoms with Crippen molar-refractivity contribution in [2.75, 3.05) is 14.2 Å². The van der Waals surface area contributed by atoms with Gasteiger partial charge in [0.05, 0.1) is 17.8 Å². The van der Waals surface area contributed by atoms with E-state index in [9.17, 15) is 9.90 Å². The van der Waals surface area contributed by atoms with Crippen LogP contribution in [0, 0.1) is 3.57 Å². The summed E-state index contributed by atoms with van der Waals surface area (Å²) in [5.41, 5.74) is 0.216. The van der Waals surface area contributed by atoms with Crippen LogP contribution in [0.5, 0.6) is 11.5 Å². The van der Waals surface area contributed by atoms with Crippen LogP contribution in [0.2, 0.25) is 0 Å². The number of methoxy groups -OCH3 is 2. The minimum absolute atomic E-state index is 0.0341. The van der Waals surface area contributed by atoms with E-state index in [1.165, 1.54) is 20.3 Å². The maximum Gasteiger partial charge on any atom is 0.341 e. The van der Waals surface area contributed by atoms with Gasteiger partial charge >= 0.3 is 5.97 Å². The molecule has 5 heteroatoms. The summed E-state index contributed by atoms with van der Waals surface area (Å²) in [6.45, 7) is 0. The lowest BCUT2D eigenvalue weighted by Crippen LogP contribution is -2.04. The van der Waals surface area contributed by atoms with E-state index >= 15 is 0 Å². The van der Waals surface area contributed by atoms with E-state index in [1.54, 1.807) is 6.07 Å². The Morgan fingerprint density at radius 3 is 2.57 bits per heavy atom. The number of benzene rings is 1. The van der Waals surface area contributed by atoms with Crippen molar-refractivity contribution in [3.05, 3.63) is 21.3 Å². The van der Waals surface area contributed by atoms with Crippen LogP contribution < -0.4 is 4.74 Å². The molecule has 0 aliphatic carbocycles. The second-order valence-corrected chi connectivity index (χ2v) is 3.66. The number of hydrogen-bond donors (Lipinski definition) is 1. The Morgan fingerprint density at radius 1 is 1.43 bits per heavy atom. The fourth-order valence-electron chi connectivity index (χ4n) is 0.982. The molecule has 0 spiro atoms. The van der Waals surface area contributed by atoms with Crippen LogP contribution in [0.1, 0.15) is 10.4 Å². The molecule has 0 saturated heterocycles. The van der Waals surface area contributed by atoms with Crippen molar-refractivity contribution in [2.45, 2.75) is 0 Å². The summed E-state index contributed by atoms with van der Waals surface area (Å²) in [7, 11) is 2.73. The summed E-state index contributed by atoms with van der Waals surface area (Å²) in [5, 5.41) is 9.39. The van der Waals surface area contributed by atoms with Crippen LogP contribution in [0.4, 0.5) is 0 Å². The molecule has 0 bridgehead atoms. The Labute approximate surface area is 95.0 Å². The van der Waals surface area contributed by atoms with Gasteiger partial charge in [-0.1, -0.05) is 0 Å². The van der Waals surface area contributed by atoms with Gasteiger partial charge in [-0.25, -0.2) is 4.79 Å². The second-order valence-electron chi connectivity index (χ2n) is 2.50. The number of ether oxygens (including phenoxy) is 2. The number of phenols is 1. The number of aromatic hydroxyl groups is 1. The van der Waals surface area contributed by atoms with Gasteiger partial charge in [-0.2, -0.15) is 0 Å². The highest BCUT2D eigenvalue weighted by molar-refractivity contribution is 14.1. The Kier molecular flexibility index (Phi) is 3.56. The smallest absolute Gasteiger partial charge is 0.341 e. The largest absolute Gasteiger partial charge is 0.507 e. The maximum absolute atomic E-state index is 11.2. The van der Waals surface area contributed by atoms with E-state index < -0.39 is 5.97 Å². The lowest BCUT2D eigenvalue weighted by Gasteiger charge is -2.08. The molecule has 4 nitrogen and oxygen atoms in total. The van der Waals surface area contributed by atoms with Crippen LogP contribution in [0.3, 0.4) is 0 Å². The predicted molar refractivity (Wildman–Crippen MR) is 58.7 cm³/mol. The van der Waals surface area contributed by atoms with Gasteiger partial charge in [0.25, 0.3) is 0 Å². The number of esters is 1. The molecule has 0 aliphatic rings. The van der Waals surface area contributed by atoms with E-state index in [0.29, 0.717) is 9.32 Å². The van der Waals surface area contributed by atoms with Crippen molar-refractivity contribution in [1.29, 1.82) is 0 Å². The van der Waals surface area contributed by atoms with Gasteiger partial charge in [0.15, 0.2) is 0 Å². The van der Waals surface area contributed by atoms with Gasteiger partial charge in [-0.3, -0.25) is 0 Å². The summed E-state index contributed by atoms with van der Waals surface area (Å²) in [5.74, 6) is -0.112. The number of phenolic OH excluding ortho intramolecular Hbond substituents is 1. The maximum atomic E-state index is 11.2. The SMILES string of the molecule is COC(=O)c1cc(O)c(I)cc1OC. The molecule has 0 fully saturated rings. The minimum Gasteiger partial charge on any atom is -0.507 e. The van der Waals surface area contributed by atoms with Crippen LogP contribution in [0.25, 0.3) is 0 Å². The zero-order valence-corrected chi connectivity index (χ0v) is 9.86. The molecule has 0 aromatic heterocycles. The minimum atomic E-state index is -0.534. The summed E-state index contributed by atoms with van der Waals surface area (Å²) < 4.78 is 10.1. The highest BCUT2D eigenvalue weighted by Crippen LogP contribution is 2.29. The van der Waals surface area contributed by atoms with Crippen molar-refractivity contribution >= 4 is 28.6 Å². The van der Waals surface area contributed by atoms with Crippen molar-refractivity contribution in [3.8, 4) is 11.5 Å². The second kappa shape index (κ2) is 4.50. The molecular weight excluding hydrogens is 299 g/mol. The molecular formula is C9H9IO4.